The second kappa shape index (κ2) is 7.37. The second-order valence-electron chi connectivity index (χ2n) is 4.45. The third-order valence-corrected chi connectivity index (χ3v) is 3.88. The van der Waals surface area contributed by atoms with E-state index in [0.717, 1.165) is 11.1 Å². The highest BCUT2D eigenvalue weighted by Crippen LogP contribution is 2.15. The van der Waals surface area contributed by atoms with E-state index >= 15 is 0 Å². The molecule has 6 heteroatoms. The Kier molecular flexibility index (Phi) is 6.14. The van der Waals surface area contributed by atoms with Gasteiger partial charge in [0.05, 0.1) is 18.5 Å². The van der Waals surface area contributed by atoms with E-state index in [1.54, 1.807) is 6.07 Å². The molecule has 0 aliphatic rings. The van der Waals surface area contributed by atoms with Crippen molar-refractivity contribution in [3.8, 4) is 0 Å². The number of carbonyl (C=O) groups is 1. The Labute approximate surface area is 115 Å². The number of hydrogen-bond donors (Lipinski definition) is 3. The van der Waals surface area contributed by atoms with Crippen LogP contribution < -0.4 is 5.32 Å². The molecular formula is C13H19NO4S. The van der Waals surface area contributed by atoms with Crippen LogP contribution in [-0.4, -0.2) is 44.5 Å². The van der Waals surface area contributed by atoms with Crippen molar-refractivity contribution in [2.45, 2.75) is 20.0 Å². The van der Waals surface area contributed by atoms with E-state index in [4.69, 9.17) is 10.2 Å². The number of carbonyl (C=O) groups excluding carboxylic acids is 1. The van der Waals surface area contributed by atoms with Crippen molar-refractivity contribution in [2.75, 3.05) is 23.4 Å². The van der Waals surface area contributed by atoms with E-state index in [1.165, 1.54) is 0 Å². The van der Waals surface area contributed by atoms with Gasteiger partial charge in [0.15, 0.2) is 0 Å². The zero-order valence-electron chi connectivity index (χ0n) is 11.0. The molecule has 0 bridgehead atoms. The Morgan fingerprint density at radius 2 is 2.11 bits per heavy atom. The van der Waals surface area contributed by atoms with Crippen molar-refractivity contribution >= 4 is 22.4 Å². The van der Waals surface area contributed by atoms with Crippen LogP contribution in [0, 0.1) is 13.8 Å². The monoisotopic (exact) mass is 285 g/mol. The molecule has 1 aromatic carbocycles. The topological polar surface area (TPSA) is 86.6 Å². The number of aryl methyl sites for hydroxylation is 2. The normalized spacial score (nSPS) is 13.9. The minimum absolute atomic E-state index is 0.100. The lowest BCUT2D eigenvalue weighted by atomic mass is 10.1. The molecule has 3 N–H and O–H groups in total. The number of hydrogen-bond acceptors (Lipinski definition) is 4. The highest BCUT2D eigenvalue weighted by molar-refractivity contribution is 7.85. The Hall–Kier alpha value is -1.24. The number of aliphatic hydroxyl groups is 2. The van der Waals surface area contributed by atoms with Crippen LogP contribution in [0.1, 0.15) is 11.1 Å². The zero-order valence-corrected chi connectivity index (χ0v) is 11.9. The Balaban J connectivity index is 2.53. The highest BCUT2D eigenvalue weighted by atomic mass is 32.2. The molecular weight excluding hydrogens is 266 g/mol. The van der Waals surface area contributed by atoms with Crippen LogP contribution >= 0.6 is 0 Å². The van der Waals surface area contributed by atoms with Gasteiger partial charge in [-0.15, -0.1) is 0 Å². The molecule has 0 aliphatic heterocycles. The van der Waals surface area contributed by atoms with Crippen molar-refractivity contribution in [1.29, 1.82) is 0 Å². The Morgan fingerprint density at radius 3 is 2.68 bits per heavy atom. The van der Waals surface area contributed by atoms with Gasteiger partial charge in [0.1, 0.15) is 5.75 Å². The molecule has 0 aliphatic carbocycles. The van der Waals surface area contributed by atoms with E-state index in [2.05, 4.69) is 5.32 Å². The standard InChI is InChI=1S/C13H19NO4S/c1-9-3-4-12(10(2)5-9)14-13(17)8-19(18)7-11(16)6-15/h3-5,11,15-16H,6-8H2,1-2H3,(H,14,17). The Bertz CT molecular complexity index is 476. The number of nitrogens with one attached hydrogen (secondary N) is 1. The largest absolute Gasteiger partial charge is 0.394 e. The average Bonchev–Trinajstić information content (AvgIpc) is 2.32. The molecule has 2 unspecified atom stereocenters. The number of benzene rings is 1. The lowest BCUT2D eigenvalue weighted by molar-refractivity contribution is -0.113. The smallest absolute Gasteiger partial charge is 0.236 e. The van der Waals surface area contributed by atoms with Crippen LogP contribution in [0.25, 0.3) is 0 Å². The first kappa shape index (κ1) is 15.8. The van der Waals surface area contributed by atoms with E-state index < -0.39 is 23.5 Å². The first-order chi connectivity index (χ1) is 8.92. The summed E-state index contributed by atoms with van der Waals surface area (Å²) in [6.45, 7) is 3.39. The van der Waals surface area contributed by atoms with Crippen LogP contribution in [0.5, 0.6) is 0 Å². The molecule has 1 rings (SSSR count). The SMILES string of the molecule is Cc1ccc(NC(=O)CS(=O)CC(O)CO)c(C)c1. The first-order valence-corrected chi connectivity index (χ1v) is 7.42. The molecule has 0 radical (unpaired) electrons. The van der Waals surface area contributed by atoms with E-state index in [-0.39, 0.29) is 17.4 Å². The summed E-state index contributed by atoms with van der Waals surface area (Å²) < 4.78 is 11.5. The summed E-state index contributed by atoms with van der Waals surface area (Å²) >= 11 is 0. The number of aliphatic hydroxyl groups excluding tert-OH is 2. The van der Waals surface area contributed by atoms with Gasteiger partial charge in [-0.05, 0) is 25.5 Å². The van der Waals surface area contributed by atoms with Crippen LogP contribution in [0.2, 0.25) is 0 Å². The van der Waals surface area contributed by atoms with Crippen LogP contribution in [0.3, 0.4) is 0 Å². The third kappa shape index (κ3) is 5.50. The molecule has 0 heterocycles. The fourth-order valence-corrected chi connectivity index (χ4v) is 2.63. The summed E-state index contributed by atoms with van der Waals surface area (Å²) in [5.74, 6) is -0.656. The first-order valence-electron chi connectivity index (χ1n) is 5.93. The molecule has 2 atom stereocenters. The number of rotatable bonds is 6. The lowest BCUT2D eigenvalue weighted by Gasteiger charge is -2.10. The van der Waals surface area contributed by atoms with Gasteiger partial charge in [-0.25, -0.2) is 0 Å². The minimum Gasteiger partial charge on any atom is -0.394 e. The summed E-state index contributed by atoms with van der Waals surface area (Å²) in [5, 5.41) is 20.4. The molecule has 0 spiro atoms. The molecule has 0 aromatic heterocycles. The summed E-state index contributed by atoms with van der Waals surface area (Å²) in [5.41, 5.74) is 2.73. The summed E-state index contributed by atoms with van der Waals surface area (Å²) in [7, 11) is -1.49. The van der Waals surface area contributed by atoms with Crippen molar-refractivity contribution < 1.29 is 19.2 Å². The van der Waals surface area contributed by atoms with Crippen LogP contribution in [0.4, 0.5) is 5.69 Å². The van der Waals surface area contributed by atoms with Gasteiger partial charge in [-0.2, -0.15) is 0 Å². The fourth-order valence-electron chi connectivity index (χ4n) is 1.61. The summed E-state index contributed by atoms with van der Waals surface area (Å²) in [4.78, 5) is 11.7. The molecule has 19 heavy (non-hydrogen) atoms. The van der Waals surface area contributed by atoms with Crippen molar-refractivity contribution in [3.05, 3.63) is 29.3 Å². The quantitative estimate of drug-likeness (QED) is 0.703. The molecule has 1 amide bonds. The molecule has 5 nitrogen and oxygen atoms in total. The maximum atomic E-state index is 11.7. The van der Waals surface area contributed by atoms with Crippen LogP contribution in [0.15, 0.2) is 18.2 Å². The van der Waals surface area contributed by atoms with Gasteiger partial charge in [-0.3, -0.25) is 9.00 Å². The average molecular weight is 285 g/mol. The summed E-state index contributed by atoms with van der Waals surface area (Å²) in [6.07, 6.45) is -1.05. The molecule has 0 fully saturated rings. The van der Waals surface area contributed by atoms with Gasteiger partial charge in [0.2, 0.25) is 5.91 Å². The Morgan fingerprint density at radius 1 is 1.42 bits per heavy atom. The molecule has 0 saturated carbocycles. The number of anilines is 1. The van der Waals surface area contributed by atoms with E-state index in [0.29, 0.717) is 5.69 Å². The molecule has 0 saturated heterocycles. The van der Waals surface area contributed by atoms with Crippen molar-refractivity contribution in [2.24, 2.45) is 0 Å². The van der Waals surface area contributed by atoms with E-state index in [1.807, 2.05) is 26.0 Å². The van der Waals surface area contributed by atoms with Crippen molar-refractivity contribution in [1.82, 2.24) is 0 Å². The predicted octanol–water partition coefficient (Wildman–Crippen LogP) is 0.344. The number of amides is 1. The second-order valence-corrected chi connectivity index (χ2v) is 5.96. The lowest BCUT2D eigenvalue weighted by Crippen LogP contribution is -2.27. The third-order valence-electron chi connectivity index (χ3n) is 2.54. The van der Waals surface area contributed by atoms with E-state index in [9.17, 15) is 9.00 Å². The van der Waals surface area contributed by atoms with Gasteiger partial charge in [0.25, 0.3) is 0 Å². The van der Waals surface area contributed by atoms with Gasteiger partial charge >= 0.3 is 0 Å². The van der Waals surface area contributed by atoms with Gasteiger partial charge in [0, 0.05) is 16.5 Å². The zero-order chi connectivity index (χ0) is 14.4. The molecule has 106 valence electrons. The minimum atomic E-state index is -1.49. The van der Waals surface area contributed by atoms with Crippen molar-refractivity contribution in [3.63, 3.8) is 0 Å². The van der Waals surface area contributed by atoms with Gasteiger partial charge in [-0.1, -0.05) is 17.7 Å². The highest BCUT2D eigenvalue weighted by Gasteiger charge is 2.13. The maximum absolute atomic E-state index is 11.7. The predicted molar refractivity (Wildman–Crippen MR) is 75.5 cm³/mol. The maximum Gasteiger partial charge on any atom is 0.236 e. The van der Waals surface area contributed by atoms with Gasteiger partial charge < -0.3 is 15.5 Å². The molecule has 1 aromatic rings. The fraction of sp³-hybridized carbons (Fsp3) is 0.462. The van der Waals surface area contributed by atoms with Crippen LogP contribution in [-0.2, 0) is 15.6 Å². The summed E-state index contributed by atoms with van der Waals surface area (Å²) in [6, 6.07) is 5.63.